The molecule has 0 bridgehead atoms. The number of hydrogen-bond donors (Lipinski definition) is 2. The number of benzene rings is 1. The first-order chi connectivity index (χ1) is 10.3. The van der Waals surface area contributed by atoms with E-state index >= 15 is 0 Å². The van der Waals surface area contributed by atoms with Crippen molar-refractivity contribution in [3.05, 3.63) is 35.9 Å². The van der Waals surface area contributed by atoms with Crippen LogP contribution in [0.1, 0.15) is 44.6 Å². The van der Waals surface area contributed by atoms with E-state index in [1.54, 1.807) is 0 Å². The van der Waals surface area contributed by atoms with Crippen LogP contribution in [0, 0.1) is 5.92 Å². The van der Waals surface area contributed by atoms with E-state index in [9.17, 15) is 5.11 Å². The number of aliphatic hydroxyl groups excluding tert-OH is 1. The molecule has 3 heteroatoms. The first kappa shape index (κ1) is 16.5. The maximum absolute atomic E-state index is 9.98. The fraction of sp³-hybridized carbons (Fsp3) is 0.667. The number of rotatable bonds is 10. The molecule has 118 valence electrons. The van der Waals surface area contributed by atoms with Crippen molar-refractivity contribution in [1.29, 1.82) is 0 Å². The van der Waals surface area contributed by atoms with E-state index in [1.165, 1.54) is 19.3 Å². The van der Waals surface area contributed by atoms with E-state index in [4.69, 9.17) is 4.74 Å². The van der Waals surface area contributed by atoms with E-state index in [0.717, 1.165) is 37.5 Å². The lowest BCUT2D eigenvalue weighted by molar-refractivity contribution is 0.0244. The van der Waals surface area contributed by atoms with Crippen molar-refractivity contribution >= 4 is 0 Å². The van der Waals surface area contributed by atoms with Gasteiger partial charge in [0.05, 0.1) is 18.8 Å². The van der Waals surface area contributed by atoms with Crippen LogP contribution in [-0.4, -0.2) is 31.5 Å². The summed E-state index contributed by atoms with van der Waals surface area (Å²) >= 11 is 0. The molecule has 0 amide bonds. The average molecular weight is 291 g/mol. The highest BCUT2D eigenvalue weighted by Crippen LogP contribution is 2.29. The van der Waals surface area contributed by atoms with Crippen LogP contribution in [0.25, 0.3) is 0 Å². The Kier molecular flexibility index (Phi) is 6.68. The van der Waals surface area contributed by atoms with Crippen molar-refractivity contribution in [3.63, 3.8) is 0 Å². The van der Waals surface area contributed by atoms with Gasteiger partial charge in [0.15, 0.2) is 0 Å². The molecule has 2 rings (SSSR count). The highest BCUT2D eigenvalue weighted by molar-refractivity contribution is 5.25. The predicted molar refractivity (Wildman–Crippen MR) is 86.3 cm³/mol. The smallest absolute Gasteiger partial charge is 0.0905 e. The zero-order valence-corrected chi connectivity index (χ0v) is 13.2. The van der Waals surface area contributed by atoms with Gasteiger partial charge in [-0.05, 0) is 30.9 Å². The molecular formula is C18H29NO2. The first-order valence-corrected chi connectivity index (χ1v) is 8.30. The van der Waals surface area contributed by atoms with Crippen LogP contribution in [0.15, 0.2) is 30.3 Å². The topological polar surface area (TPSA) is 41.5 Å². The second-order valence-electron chi connectivity index (χ2n) is 6.17. The molecule has 1 aromatic carbocycles. The van der Waals surface area contributed by atoms with Crippen LogP contribution in [0.4, 0.5) is 0 Å². The Hall–Kier alpha value is -0.900. The number of ether oxygens (including phenoxy) is 1. The molecule has 1 aliphatic rings. The summed E-state index contributed by atoms with van der Waals surface area (Å²) in [5, 5.41) is 13.5. The second-order valence-corrected chi connectivity index (χ2v) is 6.17. The third-order valence-corrected chi connectivity index (χ3v) is 4.55. The summed E-state index contributed by atoms with van der Waals surface area (Å²) in [6, 6.07) is 10.2. The van der Waals surface area contributed by atoms with Gasteiger partial charge in [-0.1, -0.05) is 56.5 Å². The standard InChI is InChI=1S/C18H29NO2/c1-2-12-19-18(14-20,17-9-4-3-5-10-17)15-21-13-11-16-7-6-8-16/h3-5,9-10,16,19-20H,2,6-8,11-15H2,1H3. The SMILES string of the molecule is CCCNC(CO)(COCCC1CCC1)c1ccccc1. The fourth-order valence-electron chi connectivity index (χ4n) is 2.83. The molecule has 2 N–H and O–H groups in total. The minimum Gasteiger partial charge on any atom is -0.394 e. The summed E-state index contributed by atoms with van der Waals surface area (Å²) in [4.78, 5) is 0. The van der Waals surface area contributed by atoms with Gasteiger partial charge in [-0.15, -0.1) is 0 Å². The molecule has 3 nitrogen and oxygen atoms in total. The Balaban J connectivity index is 1.93. The Bertz CT molecular complexity index is 391. The quantitative estimate of drug-likeness (QED) is 0.651. The molecule has 0 heterocycles. The molecule has 1 aromatic rings. The van der Waals surface area contributed by atoms with Crippen LogP contribution in [0.2, 0.25) is 0 Å². The molecule has 1 unspecified atom stereocenters. The lowest BCUT2D eigenvalue weighted by atomic mass is 9.83. The van der Waals surface area contributed by atoms with Gasteiger partial charge in [0.1, 0.15) is 0 Å². The fourth-order valence-corrected chi connectivity index (χ4v) is 2.83. The lowest BCUT2D eigenvalue weighted by Crippen LogP contribution is -2.50. The van der Waals surface area contributed by atoms with Crippen LogP contribution in [0.3, 0.4) is 0 Å². The van der Waals surface area contributed by atoms with Crippen LogP contribution in [0.5, 0.6) is 0 Å². The molecule has 21 heavy (non-hydrogen) atoms. The molecule has 0 radical (unpaired) electrons. The van der Waals surface area contributed by atoms with E-state index in [0.29, 0.717) is 6.61 Å². The van der Waals surface area contributed by atoms with Crippen LogP contribution < -0.4 is 5.32 Å². The Labute approximate surface area is 128 Å². The number of hydrogen-bond acceptors (Lipinski definition) is 3. The molecule has 0 aromatic heterocycles. The Morgan fingerprint density at radius 3 is 2.62 bits per heavy atom. The summed E-state index contributed by atoms with van der Waals surface area (Å²) in [6.07, 6.45) is 6.30. The van der Waals surface area contributed by atoms with Crippen molar-refractivity contribution in [2.75, 3.05) is 26.4 Å². The zero-order valence-electron chi connectivity index (χ0n) is 13.2. The highest BCUT2D eigenvalue weighted by atomic mass is 16.5. The van der Waals surface area contributed by atoms with Crippen molar-refractivity contribution in [3.8, 4) is 0 Å². The average Bonchev–Trinajstić information content (AvgIpc) is 2.49. The highest BCUT2D eigenvalue weighted by Gasteiger charge is 2.31. The van der Waals surface area contributed by atoms with E-state index in [2.05, 4.69) is 24.4 Å². The van der Waals surface area contributed by atoms with E-state index < -0.39 is 5.54 Å². The lowest BCUT2D eigenvalue weighted by Gasteiger charge is -2.34. The van der Waals surface area contributed by atoms with Gasteiger partial charge in [0, 0.05) is 6.61 Å². The maximum Gasteiger partial charge on any atom is 0.0905 e. The van der Waals surface area contributed by atoms with Crippen LogP contribution >= 0.6 is 0 Å². The van der Waals surface area contributed by atoms with Crippen molar-refractivity contribution in [2.45, 2.75) is 44.6 Å². The van der Waals surface area contributed by atoms with Gasteiger partial charge < -0.3 is 15.2 Å². The summed E-state index contributed by atoms with van der Waals surface area (Å²) in [6.45, 7) is 4.40. The van der Waals surface area contributed by atoms with E-state index in [1.807, 2.05) is 18.2 Å². The largest absolute Gasteiger partial charge is 0.394 e. The number of nitrogens with one attached hydrogen (secondary N) is 1. The molecular weight excluding hydrogens is 262 g/mol. The van der Waals surface area contributed by atoms with Crippen LogP contribution in [-0.2, 0) is 10.3 Å². The third kappa shape index (κ3) is 4.53. The minimum atomic E-state index is -0.475. The van der Waals surface area contributed by atoms with E-state index in [-0.39, 0.29) is 6.61 Å². The summed E-state index contributed by atoms with van der Waals surface area (Å²) in [7, 11) is 0. The molecule has 0 spiro atoms. The maximum atomic E-state index is 9.98. The van der Waals surface area contributed by atoms with Gasteiger partial charge in [0.2, 0.25) is 0 Å². The minimum absolute atomic E-state index is 0.0560. The normalized spacial score (nSPS) is 18.2. The summed E-state index contributed by atoms with van der Waals surface area (Å²) < 4.78 is 5.93. The Morgan fingerprint density at radius 2 is 2.05 bits per heavy atom. The van der Waals surface area contributed by atoms with Crippen molar-refractivity contribution in [1.82, 2.24) is 5.32 Å². The van der Waals surface area contributed by atoms with Gasteiger partial charge in [-0.3, -0.25) is 0 Å². The van der Waals surface area contributed by atoms with Crippen molar-refractivity contribution < 1.29 is 9.84 Å². The van der Waals surface area contributed by atoms with Gasteiger partial charge >= 0.3 is 0 Å². The van der Waals surface area contributed by atoms with Crippen molar-refractivity contribution in [2.24, 2.45) is 5.92 Å². The summed E-state index contributed by atoms with van der Waals surface area (Å²) in [5.41, 5.74) is 0.626. The summed E-state index contributed by atoms with van der Waals surface area (Å²) in [5.74, 6) is 0.869. The predicted octanol–water partition coefficient (Wildman–Crippen LogP) is 3.08. The Morgan fingerprint density at radius 1 is 1.29 bits per heavy atom. The molecule has 1 saturated carbocycles. The molecule has 1 fully saturated rings. The second kappa shape index (κ2) is 8.52. The monoisotopic (exact) mass is 291 g/mol. The molecule has 0 saturated heterocycles. The van der Waals surface area contributed by atoms with Gasteiger partial charge in [-0.2, -0.15) is 0 Å². The third-order valence-electron chi connectivity index (χ3n) is 4.55. The molecule has 1 atom stereocenters. The number of aliphatic hydroxyl groups is 1. The van der Waals surface area contributed by atoms with Gasteiger partial charge in [0.25, 0.3) is 0 Å². The molecule has 1 aliphatic carbocycles. The van der Waals surface area contributed by atoms with Gasteiger partial charge in [-0.25, -0.2) is 0 Å². The zero-order chi connectivity index (χ0) is 15.0. The first-order valence-electron chi connectivity index (χ1n) is 8.30. The molecule has 0 aliphatic heterocycles.